The largest absolute Gasteiger partial charge is 0.372 e. The highest BCUT2D eigenvalue weighted by Crippen LogP contribution is 2.30. The number of aromatic nitrogens is 4. The zero-order chi connectivity index (χ0) is 24.4. The Balaban J connectivity index is 1.32. The molecule has 0 unspecified atom stereocenters. The third kappa shape index (κ3) is 4.72. The number of H-pyrrole nitrogens is 3. The van der Waals surface area contributed by atoms with Crippen LogP contribution in [0, 0.1) is 0 Å². The second-order valence-electron chi connectivity index (χ2n) is 8.84. The molecule has 1 aliphatic rings. The van der Waals surface area contributed by atoms with Gasteiger partial charge in [0.25, 0.3) is 5.56 Å². The van der Waals surface area contributed by atoms with Crippen LogP contribution in [-0.4, -0.2) is 64.1 Å². The summed E-state index contributed by atoms with van der Waals surface area (Å²) in [5.74, 6) is 0.870. The summed E-state index contributed by atoms with van der Waals surface area (Å²) in [6, 6.07) is 14.8. The van der Waals surface area contributed by atoms with Crippen molar-refractivity contribution in [3.63, 3.8) is 0 Å². The molecule has 3 N–H and O–H groups in total. The molecule has 0 atom stereocenters. The summed E-state index contributed by atoms with van der Waals surface area (Å²) in [6.07, 6.45) is 1.51. The molecular formula is C26H31N7O2. The van der Waals surface area contributed by atoms with Crippen molar-refractivity contribution < 1.29 is 0 Å². The van der Waals surface area contributed by atoms with E-state index < -0.39 is 5.69 Å². The lowest BCUT2D eigenvalue weighted by Crippen LogP contribution is -2.46. The third-order valence-corrected chi connectivity index (χ3v) is 6.76. The van der Waals surface area contributed by atoms with E-state index in [0.717, 1.165) is 67.4 Å². The number of nitrogens with one attached hydrogen (secondary N) is 3. The van der Waals surface area contributed by atoms with Gasteiger partial charge < -0.3 is 19.8 Å². The van der Waals surface area contributed by atoms with Crippen molar-refractivity contribution in [2.45, 2.75) is 20.4 Å². The Labute approximate surface area is 203 Å². The summed E-state index contributed by atoms with van der Waals surface area (Å²) >= 11 is 0. The van der Waals surface area contributed by atoms with Gasteiger partial charge in [0.15, 0.2) is 0 Å². The molecule has 0 saturated carbocycles. The first kappa shape index (κ1) is 22.9. The van der Waals surface area contributed by atoms with Crippen molar-refractivity contribution in [2.24, 2.45) is 0 Å². The summed E-state index contributed by atoms with van der Waals surface area (Å²) < 4.78 is 0. The van der Waals surface area contributed by atoms with Gasteiger partial charge >= 0.3 is 5.69 Å². The topological polar surface area (TPSA) is 104 Å². The summed E-state index contributed by atoms with van der Waals surface area (Å²) in [6.45, 7) is 10.1. The van der Waals surface area contributed by atoms with Crippen molar-refractivity contribution in [3.8, 4) is 11.4 Å². The van der Waals surface area contributed by atoms with Crippen molar-refractivity contribution in [1.29, 1.82) is 0 Å². The maximum absolute atomic E-state index is 12.0. The molecule has 9 heteroatoms. The zero-order valence-electron chi connectivity index (χ0n) is 20.2. The van der Waals surface area contributed by atoms with E-state index in [-0.39, 0.29) is 5.56 Å². The van der Waals surface area contributed by atoms with Crippen LogP contribution in [0.2, 0.25) is 0 Å². The number of imidazole rings is 1. The van der Waals surface area contributed by atoms with E-state index in [2.05, 4.69) is 86.0 Å². The first-order chi connectivity index (χ1) is 17.1. The molecule has 1 fully saturated rings. The highest BCUT2D eigenvalue weighted by Gasteiger charge is 2.21. The molecule has 9 nitrogen and oxygen atoms in total. The number of aromatic amines is 3. The van der Waals surface area contributed by atoms with Gasteiger partial charge in [-0.05, 0) is 50.2 Å². The number of hydrogen-bond donors (Lipinski definition) is 3. The van der Waals surface area contributed by atoms with Gasteiger partial charge in [0.1, 0.15) is 11.3 Å². The molecule has 0 amide bonds. The van der Waals surface area contributed by atoms with E-state index >= 15 is 0 Å². The number of fused-ring (bicyclic) bond motifs is 1. The molecule has 0 spiro atoms. The monoisotopic (exact) mass is 473 g/mol. The molecule has 182 valence electrons. The summed E-state index contributed by atoms with van der Waals surface area (Å²) in [5, 5.41) is 0. The fourth-order valence-corrected chi connectivity index (χ4v) is 4.77. The van der Waals surface area contributed by atoms with Crippen LogP contribution in [-0.2, 0) is 6.54 Å². The molecule has 1 aliphatic heterocycles. The van der Waals surface area contributed by atoms with Crippen molar-refractivity contribution in [2.75, 3.05) is 49.1 Å². The third-order valence-electron chi connectivity index (χ3n) is 6.76. The second kappa shape index (κ2) is 9.79. The molecule has 1 saturated heterocycles. The normalized spacial score (nSPS) is 14.5. The van der Waals surface area contributed by atoms with Crippen LogP contribution >= 0.6 is 0 Å². The van der Waals surface area contributed by atoms with Crippen LogP contribution in [0.4, 0.5) is 11.4 Å². The highest BCUT2D eigenvalue weighted by atomic mass is 16.2. The van der Waals surface area contributed by atoms with Crippen molar-refractivity contribution >= 4 is 22.4 Å². The van der Waals surface area contributed by atoms with Gasteiger partial charge in [-0.15, -0.1) is 0 Å². The van der Waals surface area contributed by atoms with Gasteiger partial charge in [-0.25, -0.2) is 9.78 Å². The Hall–Kier alpha value is -3.85. The van der Waals surface area contributed by atoms with Gasteiger partial charge in [0.2, 0.25) is 0 Å². The van der Waals surface area contributed by atoms with Gasteiger partial charge in [-0.2, -0.15) is 0 Å². The predicted octanol–water partition coefficient (Wildman–Crippen LogP) is 2.77. The molecule has 3 heterocycles. The molecule has 0 aliphatic carbocycles. The zero-order valence-corrected chi connectivity index (χ0v) is 20.2. The lowest BCUT2D eigenvalue weighted by Gasteiger charge is -2.36. The molecular weight excluding hydrogens is 442 g/mol. The highest BCUT2D eigenvalue weighted by molar-refractivity contribution is 5.91. The summed E-state index contributed by atoms with van der Waals surface area (Å²) in [5.41, 5.74) is 5.17. The number of benzene rings is 2. The van der Waals surface area contributed by atoms with Crippen LogP contribution in [0.1, 0.15) is 19.4 Å². The van der Waals surface area contributed by atoms with Crippen LogP contribution in [0.25, 0.3) is 22.4 Å². The molecule has 0 bridgehead atoms. The number of rotatable bonds is 7. The van der Waals surface area contributed by atoms with E-state index in [0.29, 0.717) is 12.1 Å². The minimum Gasteiger partial charge on any atom is -0.372 e. The number of piperazine rings is 1. The SMILES string of the molecule is CCN(CC)c1ccc(-c2nc3c(N4CCN(Cc5c[nH]c(=O)[nH]c5=O)CC4)cccc3[nH]2)cc1. The average Bonchev–Trinajstić information content (AvgIpc) is 3.32. The molecule has 4 aromatic rings. The fourth-order valence-electron chi connectivity index (χ4n) is 4.77. The number of nitrogens with zero attached hydrogens (tertiary/aromatic N) is 4. The van der Waals surface area contributed by atoms with Crippen LogP contribution in [0.15, 0.2) is 58.3 Å². The van der Waals surface area contributed by atoms with Crippen LogP contribution < -0.4 is 21.0 Å². The van der Waals surface area contributed by atoms with Gasteiger partial charge in [-0.1, -0.05) is 6.07 Å². The van der Waals surface area contributed by atoms with Crippen LogP contribution in [0.3, 0.4) is 0 Å². The first-order valence-electron chi connectivity index (χ1n) is 12.2. The number of hydrogen-bond acceptors (Lipinski definition) is 6. The van der Waals surface area contributed by atoms with Crippen LogP contribution in [0.5, 0.6) is 0 Å². The summed E-state index contributed by atoms with van der Waals surface area (Å²) in [4.78, 5) is 43.5. The maximum Gasteiger partial charge on any atom is 0.325 e. The number of para-hydroxylation sites is 1. The lowest BCUT2D eigenvalue weighted by molar-refractivity contribution is 0.248. The Morgan fingerprint density at radius 2 is 1.69 bits per heavy atom. The fraction of sp³-hybridized carbons (Fsp3) is 0.346. The Bertz CT molecular complexity index is 1410. The Morgan fingerprint density at radius 1 is 0.943 bits per heavy atom. The molecule has 2 aromatic heterocycles. The molecule has 2 aromatic carbocycles. The molecule has 0 radical (unpaired) electrons. The molecule has 35 heavy (non-hydrogen) atoms. The Kier molecular flexibility index (Phi) is 6.41. The Morgan fingerprint density at radius 3 is 2.37 bits per heavy atom. The predicted molar refractivity (Wildman–Crippen MR) is 140 cm³/mol. The van der Waals surface area contributed by atoms with Gasteiger partial charge in [0, 0.05) is 68.8 Å². The van der Waals surface area contributed by atoms with Gasteiger partial charge in [0.05, 0.1) is 11.2 Å². The standard InChI is InChI=1S/C26H31N7O2/c1-3-32(4-2)20-10-8-18(9-11-20)24-28-21-6-5-7-22(23(21)29-24)33-14-12-31(13-15-33)17-19-16-27-26(35)30-25(19)34/h5-11,16H,3-4,12-15,17H2,1-2H3,(H,28,29)(H2,27,30,34,35). The first-order valence-corrected chi connectivity index (χ1v) is 12.2. The van der Waals surface area contributed by atoms with E-state index in [1.165, 1.54) is 11.9 Å². The number of anilines is 2. The van der Waals surface area contributed by atoms with E-state index in [4.69, 9.17) is 4.98 Å². The second-order valence-corrected chi connectivity index (χ2v) is 8.84. The smallest absolute Gasteiger partial charge is 0.325 e. The van der Waals surface area contributed by atoms with E-state index in [9.17, 15) is 9.59 Å². The average molecular weight is 474 g/mol. The maximum atomic E-state index is 12.0. The quantitative estimate of drug-likeness (QED) is 0.381. The van der Waals surface area contributed by atoms with E-state index in [1.54, 1.807) is 0 Å². The van der Waals surface area contributed by atoms with Crippen molar-refractivity contribution in [3.05, 3.63) is 75.1 Å². The molecule has 5 rings (SSSR count). The minimum atomic E-state index is -0.477. The van der Waals surface area contributed by atoms with E-state index in [1.807, 2.05) is 0 Å². The van der Waals surface area contributed by atoms with Crippen molar-refractivity contribution in [1.82, 2.24) is 24.8 Å². The lowest BCUT2D eigenvalue weighted by atomic mass is 10.2. The summed E-state index contributed by atoms with van der Waals surface area (Å²) in [7, 11) is 0. The minimum absolute atomic E-state index is 0.324. The van der Waals surface area contributed by atoms with Gasteiger partial charge in [-0.3, -0.25) is 14.7 Å².